The van der Waals surface area contributed by atoms with E-state index in [2.05, 4.69) is 209 Å². The number of nitrogens with zero attached hydrogens (tertiary/aromatic N) is 3. The first kappa shape index (κ1) is 35.2. The smallest absolute Gasteiger partial charge is 0.164 e. The standard InChI is InChI=1S/C55H41N3/c1-55(2,3)39-32-30-38(31-33-39)52-56-53(48-29-17-10-22-40(48)36-18-6-4-7-19-36)58-54(57-52)49-35-34-47(41-23-11-12-24-42(41)49)51-45-27-15-13-25-43(45)50(37-20-8-5-9-21-37)44-26-14-16-28-46(44)51/h4-35H,1-3H3. The molecule has 0 N–H and O–H groups in total. The molecule has 0 fully saturated rings. The van der Waals surface area contributed by atoms with Crippen LogP contribution in [0.2, 0.25) is 0 Å². The molecule has 0 aliphatic carbocycles. The lowest BCUT2D eigenvalue weighted by molar-refractivity contribution is 0.590. The van der Waals surface area contributed by atoms with Crippen LogP contribution < -0.4 is 0 Å². The quantitative estimate of drug-likeness (QED) is 0.159. The Bertz CT molecular complexity index is 3070. The fourth-order valence-corrected chi connectivity index (χ4v) is 8.46. The van der Waals surface area contributed by atoms with Crippen molar-refractivity contribution in [1.29, 1.82) is 0 Å². The molecular weight excluding hydrogens is 703 g/mol. The predicted octanol–water partition coefficient (Wildman–Crippen LogP) is 14.6. The molecule has 1 heterocycles. The minimum atomic E-state index is 0.0295. The summed E-state index contributed by atoms with van der Waals surface area (Å²) in [6.07, 6.45) is 0. The molecule has 0 aliphatic rings. The molecule has 0 bridgehead atoms. The molecule has 0 saturated heterocycles. The molecule has 10 aromatic rings. The Labute approximate surface area is 339 Å². The molecule has 0 spiro atoms. The van der Waals surface area contributed by atoms with Gasteiger partial charge >= 0.3 is 0 Å². The summed E-state index contributed by atoms with van der Waals surface area (Å²) in [5, 5.41) is 7.14. The molecule has 0 saturated carbocycles. The Morgan fingerprint density at radius 3 is 1.26 bits per heavy atom. The molecule has 0 radical (unpaired) electrons. The second-order valence-corrected chi connectivity index (χ2v) is 16.0. The molecule has 1 aromatic heterocycles. The summed E-state index contributed by atoms with van der Waals surface area (Å²) in [6.45, 7) is 6.71. The number of aromatic nitrogens is 3. The Hall–Kier alpha value is -7.23. The molecule has 3 heteroatoms. The van der Waals surface area contributed by atoms with Crippen molar-refractivity contribution in [2.24, 2.45) is 0 Å². The topological polar surface area (TPSA) is 38.7 Å². The molecule has 10 rings (SSSR count). The van der Waals surface area contributed by atoms with E-state index in [4.69, 9.17) is 15.0 Å². The average Bonchev–Trinajstić information content (AvgIpc) is 3.28. The van der Waals surface area contributed by atoms with Gasteiger partial charge < -0.3 is 0 Å². The van der Waals surface area contributed by atoms with E-state index in [0.29, 0.717) is 17.5 Å². The van der Waals surface area contributed by atoms with Crippen LogP contribution in [0.15, 0.2) is 194 Å². The number of rotatable bonds is 6. The third kappa shape index (κ3) is 6.22. The first-order chi connectivity index (χ1) is 28.4. The highest BCUT2D eigenvalue weighted by atomic mass is 15.0. The van der Waals surface area contributed by atoms with Crippen molar-refractivity contribution in [3.8, 4) is 67.5 Å². The van der Waals surface area contributed by atoms with Crippen molar-refractivity contribution < 1.29 is 0 Å². The zero-order valence-corrected chi connectivity index (χ0v) is 32.8. The van der Waals surface area contributed by atoms with Crippen molar-refractivity contribution in [2.45, 2.75) is 26.2 Å². The van der Waals surface area contributed by atoms with Gasteiger partial charge in [0.05, 0.1) is 0 Å². The lowest BCUT2D eigenvalue weighted by Gasteiger charge is -2.20. The van der Waals surface area contributed by atoms with E-state index in [0.717, 1.165) is 38.6 Å². The van der Waals surface area contributed by atoms with Crippen LogP contribution in [0.5, 0.6) is 0 Å². The minimum Gasteiger partial charge on any atom is -0.208 e. The van der Waals surface area contributed by atoms with Crippen molar-refractivity contribution in [3.63, 3.8) is 0 Å². The monoisotopic (exact) mass is 743 g/mol. The first-order valence-electron chi connectivity index (χ1n) is 20.0. The Morgan fingerprint density at radius 2 is 0.690 bits per heavy atom. The number of fused-ring (bicyclic) bond motifs is 3. The van der Waals surface area contributed by atoms with Gasteiger partial charge in [-0.15, -0.1) is 0 Å². The van der Waals surface area contributed by atoms with Crippen molar-refractivity contribution >= 4 is 32.3 Å². The summed E-state index contributed by atoms with van der Waals surface area (Å²) >= 11 is 0. The molecule has 0 unspecified atom stereocenters. The van der Waals surface area contributed by atoms with Crippen LogP contribution in [0.3, 0.4) is 0 Å². The third-order valence-electron chi connectivity index (χ3n) is 11.3. The van der Waals surface area contributed by atoms with Crippen molar-refractivity contribution in [2.75, 3.05) is 0 Å². The highest BCUT2D eigenvalue weighted by Gasteiger charge is 2.22. The molecule has 0 amide bonds. The summed E-state index contributed by atoms with van der Waals surface area (Å²) in [5.74, 6) is 1.92. The molecule has 276 valence electrons. The molecule has 0 atom stereocenters. The summed E-state index contributed by atoms with van der Waals surface area (Å²) in [7, 11) is 0. The maximum Gasteiger partial charge on any atom is 0.164 e. The Balaban J connectivity index is 1.22. The van der Waals surface area contributed by atoms with Crippen LogP contribution >= 0.6 is 0 Å². The second kappa shape index (κ2) is 14.4. The first-order valence-corrected chi connectivity index (χ1v) is 20.0. The number of hydrogen-bond donors (Lipinski definition) is 0. The summed E-state index contributed by atoms with van der Waals surface area (Å²) < 4.78 is 0. The zero-order chi connectivity index (χ0) is 39.2. The largest absolute Gasteiger partial charge is 0.208 e. The molecule has 0 aliphatic heterocycles. The summed E-state index contributed by atoms with van der Waals surface area (Å²) in [6, 6.07) is 69.1. The van der Waals surface area contributed by atoms with Gasteiger partial charge in [-0.1, -0.05) is 209 Å². The molecular formula is C55H41N3. The maximum absolute atomic E-state index is 5.32. The van der Waals surface area contributed by atoms with Crippen molar-refractivity contribution in [1.82, 2.24) is 15.0 Å². The van der Waals surface area contributed by atoms with Crippen LogP contribution in [0, 0.1) is 0 Å². The lowest BCUT2D eigenvalue weighted by Crippen LogP contribution is -2.10. The Morgan fingerprint density at radius 1 is 0.276 bits per heavy atom. The predicted molar refractivity (Wildman–Crippen MR) is 244 cm³/mol. The van der Waals surface area contributed by atoms with Gasteiger partial charge in [0.1, 0.15) is 0 Å². The van der Waals surface area contributed by atoms with E-state index in [1.54, 1.807) is 0 Å². The van der Waals surface area contributed by atoms with E-state index in [9.17, 15) is 0 Å². The van der Waals surface area contributed by atoms with Gasteiger partial charge in [0.15, 0.2) is 17.5 Å². The van der Waals surface area contributed by atoms with Gasteiger partial charge in [-0.05, 0) is 82.7 Å². The normalized spacial score (nSPS) is 11.7. The van der Waals surface area contributed by atoms with Gasteiger partial charge in [0.2, 0.25) is 0 Å². The second-order valence-electron chi connectivity index (χ2n) is 16.0. The number of benzene rings is 9. The summed E-state index contributed by atoms with van der Waals surface area (Å²) in [4.78, 5) is 15.8. The zero-order valence-electron chi connectivity index (χ0n) is 32.8. The maximum atomic E-state index is 5.32. The minimum absolute atomic E-state index is 0.0295. The van der Waals surface area contributed by atoms with E-state index < -0.39 is 0 Å². The van der Waals surface area contributed by atoms with Crippen LogP contribution in [-0.4, -0.2) is 15.0 Å². The van der Waals surface area contributed by atoms with E-state index in [1.807, 2.05) is 6.07 Å². The lowest BCUT2D eigenvalue weighted by atomic mass is 9.84. The van der Waals surface area contributed by atoms with Gasteiger partial charge in [-0.2, -0.15) is 0 Å². The SMILES string of the molecule is CC(C)(C)c1ccc(-c2nc(-c3ccccc3-c3ccccc3)nc(-c3ccc(-c4c5ccccc5c(-c5ccccc5)c5ccccc45)c4ccccc34)n2)cc1. The van der Waals surface area contributed by atoms with Crippen LogP contribution in [0.4, 0.5) is 0 Å². The van der Waals surface area contributed by atoms with Gasteiger partial charge in [-0.3, -0.25) is 0 Å². The third-order valence-corrected chi connectivity index (χ3v) is 11.3. The van der Waals surface area contributed by atoms with Gasteiger partial charge in [0.25, 0.3) is 0 Å². The fraction of sp³-hybridized carbons (Fsp3) is 0.0727. The highest BCUT2D eigenvalue weighted by molar-refractivity contribution is 6.24. The van der Waals surface area contributed by atoms with E-state index in [-0.39, 0.29) is 5.41 Å². The van der Waals surface area contributed by atoms with E-state index in [1.165, 1.54) is 49.4 Å². The van der Waals surface area contributed by atoms with Gasteiger partial charge in [-0.25, -0.2) is 15.0 Å². The Kier molecular flexibility index (Phi) is 8.72. The van der Waals surface area contributed by atoms with E-state index >= 15 is 0 Å². The molecule has 3 nitrogen and oxygen atoms in total. The molecule has 58 heavy (non-hydrogen) atoms. The van der Waals surface area contributed by atoms with Gasteiger partial charge in [0, 0.05) is 16.7 Å². The fourth-order valence-electron chi connectivity index (χ4n) is 8.46. The summed E-state index contributed by atoms with van der Waals surface area (Å²) in [5.41, 5.74) is 11.2. The van der Waals surface area contributed by atoms with Crippen molar-refractivity contribution in [3.05, 3.63) is 200 Å². The molecule has 9 aromatic carbocycles. The highest BCUT2D eigenvalue weighted by Crippen LogP contribution is 2.46. The van der Waals surface area contributed by atoms with Crippen LogP contribution in [0.1, 0.15) is 26.3 Å². The van der Waals surface area contributed by atoms with Crippen LogP contribution in [0.25, 0.3) is 99.9 Å². The number of hydrogen-bond acceptors (Lipinski definition) is 3. The van der Waals surface area contributed by atoms with Crippen LogP contribution in [-0.2, 0) is 5.41 Å². The average molecular weight is 744 g/mol.